The summed E-state index contributed by atoms with van der Waals surface area (Å²) in [6.45, 7) is 2.83. The van der Waals surface area contributed by atoms with E-state index in [0.717, 1.165) is 6.42 Å². The average Bonchev–Trinajstić information content (AvgIpc) is 2.79. The summed E-state index contributed by atoms with van der Waals surface area (Å²) in [4.78, 5) is 10.7. The fourth-order valence-electron chi connectivity index (χ4n) is 1.76. The molecule has 0 radical (unpaired) electrons. The van der Waals surface area contributed by atoms with Crippen LogP contribution in [0.1, 0.15) is 28.4 Å². The molecule has 2 aromatic rings. The third-order valence-electron chi connectivity index (χ3n) is 2.79. The molecule has 1 aromatic heterocycles. The molecule has 88 valence electrons. The van der Waals surface area contributed by atoms with Crippen LogP contribution in [0, 0.1) is 0 Å². The van der Waals surface area contributed by atoms with Gasteiger partial charge in [-0.3, -0.25) is 0 Å². The Bertz CT molecular complexity index is 511. The van der Waals surface area contributed by atoms with Gasteiger partial charge in [0.15, 0.2) is 0 Å². The lowest BCUT2D eigenvalue weighted by atomic mass is 10.1. The van der Waals surface area contributed by atoms with Crippen molar-refractivity contribution < 1.29 is 9.90 Å². The van der Waals surface area contributed by atoms with Crippen LogP contribution in [-0.4, -0.2) is 15.6 Å². The number of nitrogens with zero attached hydrogens (tertiary/aromatic N) is 1. The molecule has 17 heavy (non-hydrogen) atoms. The van der Waals surface area contributed by atoms with Crippen LogP contribution < -0.4 is 0 Å². The molecule has 1 heterocycles. The van der Waals surface area contributed by atoms with Crippen LogP contribution in [0.3, 0.4) is 0 Å². The molecule has 0 bridgehead atoms. The second kappa shape index (κ2) is 4.87. The molecule has 0 saturated carbocycles. The van der Waals surface area contributed by atoms with E-state index >= 15 is 0 Å². The molecule has 2 rings (SSSR count). The molecule has 3 nitrogen and oxygen atoms in total. The Labute approximate surface area is 100 Å². The molecule has 0 fully saturated rings. The van der Waals surface area contributed by atoms with Crippen LogP contribution >= 0.6 is 0 Å². The first-order valence-corrected chi connectivity index (χ1v) is 5.66. The summed E-state index contributed by atoms with van der Waals surface area (Å²) < 4.78 is 1.88. The number of aromatic nitrogens is 1. The number of carboxylic acids is 1. The number of rotatable bonds is 4. The minimum atomic E-state index is -0.884. The van der Waals surface area contributed by atoms with Crippen LogP contribution in [-0.2, 0) is 13.0 Å². The van der Waals surface area contributed by atoms with E-state index in [1.807, 2.05) is 4.57 Å². The number of carboxylic acid groups (broad SMARTS) is 1. The van der Waals surface area contributed by atoms with Gasteiger partial charge in [-0.2, -0.15) is 0 Å². The number of benzene rings is 1. The first-order chi connectivity index (χ1) is 8.19. The summed E-state index contributed by atoms with van der Waals surface area (Å²) in [6.07, 6.45) is 4.47. The minimum Gasteiger partial charge on any atom is -0.478 e. The number of hydrogen-bond donors (Lipinski definition) is 1. The van der Waals surface area contributed by atoms with E-state index in [9.17, 15) is 4.79 Å². The molecular weight excluding hydrogens is 214 g/mol. The minimum absolute atomic E-state index is 0.329. The van der Waals surface area contributed by atoms with Crippen molar-refractivity contribution in [1.29, 1.82) is 0 Å². The number of aryl methyl sites for hydroxylation is 1. The largest absolute Gasteiger partial charge is 0.478 e. The fraction of sp³-hybridized carbons (Fsp3) is 0.214. The standard InChI is InChI=1S/C14H15NO2/c1-2-11-3-5-12(6-4-11)9-15-8-7-13(10-15)14(16)17/h3-8,10H,2,9H2,1H3,(H,16,17). The van der Waals surface area contributed by atoms with Gasteiger partial charge in [-0.25, -0.2) is 4.79 Å². The first kappa shape index (κ1) is 11.5. The number of aromatic carboxylic acids is 1. The summed E-state index contributed by atoms with van der Waals surface area (Å²) in [5.74, 6) is -0.884. The maximum absolute atomic E-state index is 10.7. The van der Waals surface area contributed by atoms with E-state index in [1.54, 1.807) is 18.5 Å². The van der Waals surface area contributed by atoms with Crippen molar-refractivity contribution in [3.63, 3.8) is 0 Å². The fourth-order valence-corrected chi connectivity index (χ4v) is 1.76. The maximum Gasteiger partial charge on any atom is 0.337 e. The Kier molecular flexibility index (Phi) is 3.28. The van der Waals surface area contributed by atoms with Crippen molar-refractivity contribution in [2.45, 2.75) is 19.9 Å². The van der Waals surface area contributed by atoms with E-state index in [2.05, 4.69) is 31.2 Å². The van der Waals surface area contributed by atoms with Crippen LogP contribution in [0.15, 0.2) is 42.7 Å². The predicted molar refractivity (Wildman–Crippen MR) is 66.3 cm³/mol. The monoisotopic (exact) mass is 229 g/mol. The van der Waals surface area contributed by atoms with Gasteiger partial charge in [-0.05, 0) is 23.6 Å². The highest BCUT2D eigenvalue weighted by Gasteiger charge is 2.04. The molecule has 1 N–H and O–H groups in total. The van der Waals surface area contributed by atoms with E-state index in [0.29, 0.717) is 12.1 Å². The zero-order chi connectivity index (χ0) is 12.3. The van der Waals surface area contributed by atoms with Gasteiger partial charge in [0.1, 0.15) is 0 Å². The van der Waals surface area contributed by atoms with Crippen molar-refractivity contribution in [3.05, 3.63) is 59.4 Å². The third kappa shape index (κ3) is 2.75. The highest BCUT2D eigenvalue weighted by molar-refractivity contribution is 5.87. The van der Waals surface area contributed by atoms with Crippen molar-refractivity contribution in [2.75, 3.05) is 0 Å². The lowest BCUT2D eigenvalue weighted by molar-refractivity contribution is 0.0697. The molecule has 0 aliphatic heterocycles. The van der Waals surface area contributed by atoms with E-state index in [4.69, 9.17) is 5.11 Å². The molecule has 0 amide bonds. The molecular formula is C14H15NO2. The molecule has 3 heteroatoms. The maximum atomic E-state index is 10.7. The summed E-state index contributed by atoms with van der Waals surface area (Å²) in [6, 6.07) is 10.00. The second-order valence-electron chi connectivity index (χ2n) is 4.05. The summed E-state index contributed by atoms with van der Waals surface area (Å²) in [5, 5.41) is 8.82. The highest BCUT2D eigenvalue weighted by Crippen LogP contribution is 2.09. The van der Waals surface area contributed by atoms with E-state index in [1.165, 1.54) is 11.1 Å². The van der Waals surface area contributed by atoms with Gasteiger partial charge in [0.2, 0.25) is 0 Å². The Morgan fingerprint density at radius 1 is 1.18 bits per heavy atom. The van der Waals surface area contributed by atoms with Crippen molar-refractivity contribution in [2.24, 2.45) is 0 Å². The molecule has 0 spiro atoms. The van der Waals surface area contributed by atoms with E-state index in [-0.39, 0.29) is 0 Å². The van der Waals surface area contributed by atoms with Crippen LogP contribution in [0.4, 0.5) is 0 Å². The Morgan fingerprint density at radius 3 is 2.35 bits per heavy atom. The predicted octanol–water partition coefficient (Wildman–Crippen LogP) is 2.80. The Morgan fingerprint density at radius 2 is 1.82 bits per heavy atom. The van der Waals surface area contributed by atoms with Crippen molar-refractivity contribution >= 4 is 5.97 Å². The molecule has 0 aliphatic rings. The number of hydrogen-bond acceptors (Lipinski definition) is 1. The van der Waals surface area contributed by atoms with Gasteiger partial charge in [-0.15, -0.1) is 0 Å². The molecule has 0 saturated heterocycles. The van der Waals surface area contributed by atoms with Gasteiger partial charge in [0.05, 0.1) is 5.56 Å². The van der Waals surface area contributed by atoms with Crippen LogP contribution in [0.2, 0.25) is 0 Å². The normalized spacial score (nSPS) is 10.4. The van der Waals surface area contributed by atoms with Crippen molar-refractivity contribution in [3.8, 4) is 0 Å². The lowest BCUT2D eigenvalue weighted by Gasteiger charge is -2.04. The van der Waals surface area contributed by atoms with E-state index < -0.39 is 5.97 Å². The molecule has 0 unspecified atom stereocenters. The smallest absolute Gasteiger partial charge is 0.337 e. The quantitative estimate of drug-likeness (QED) is 0.876. The zero-order valence-corrected chi connectivity index (χ0v) is 9.76. The third-order valence-corrected chi connectivity index (χ3v) is 2.79. The average molecular weight is 229 g/mol. The van der Waals surface area contributed by atoms with Gasteiger partial charge in [-0.1, -0.05) is 31.2 Å². The van der Waals surface area contributed by atoms with Crippen molar-refractivity contribution in [1.82, 2.24) is 4.57 Å². The lowest BCUT2D eigenvalue weighted by Crippen LogP contribution is -1.98. The second-order valence-corrected chi connectivity index (χ2v) is 4.05. The summed E-state index contributed by atoms with van der Waals surface area (Å²) >= 11 is 0. The van der Waals surface area contributed by atoms with Gasteiger partial charge in [0, 0.05) is 18.9 Å². The topological polar surface area (TPSA) is 42.2 Å². The van der Waals surface area contributed by atoms with Gasteiger partial charge in [0.25, 0.3) is 0 Å². The van der Waals surface area contributed by atoms with Gasteiger partial charge < -0.3 is 9.67 Å². The SMILES string of the molecule is CCc1ccc(Cn2ccc(C(=O)O)c2)cc1. The zero-order valence-electron chi connectivity index (χ0n) is 9.76. The first-order valence-electron chi connectivity index (χ1n) is 5.66. The molecule has 0 aliphatic carbocycles. The van der Waals surface area contributed by atoms with Crippen LogP contribution in [0.25, 0.3) is 0 Å². The number of carbonyl (C=O) groups is 1. The summed E-state index contributed by atoms with van der Waals surface area (Å²) in [5.41, 5.74) is 2.82. The van der Waals surface area contributed by atoms with Crippen LogP contribution in [0.5, 0.6) is 0 Å². The summed E-state index contributed by atoms with van der Waals surface area (Å²) in [7, 11) is 0. The highest BCUT2D eigenvalue weighted by atomic mass is 16.4. The molecule has 0 atom stereocenters. The van der Waals surface area contributed by atoms with Gasteiger partial charge >= 0.3 is 5.97 Å². The Balaban J connectivity index is 2.11. The molecule has 1 aromatic carbocycles. The Hall–Kier alpha value is -2.03.